The lowest BCUT2D eigenvalue weighted by molar-refractivity contribution is 0.626. The average Bonchev–Trinajstić information content (AvgIpc) is 2.93. The Balaban J connectivity index is 2.03. The molecule has 4 nitrogen and oxygen atoms in total. The lowest BCUT2D eigenvalue weighted by atomic mass is 10.0. The normalized spacial score (nSPS) is 17.2. The molecule has 0 spiro atoms. The summed E-state index contributed by atoms with van der Waals surface area (Å²) in [5.74, 6) is 0. The Kier molecular flexibility index (Phi) is 4.06. The number of hydrogen-bond acceptors (Lipinski definition) is 4. The zero-order valence-corrected chi connectivity index (χ0v) is 13.7. The highest BCUT2D eigenvalue weighted by molar-refractivity contribution is 5.84. The highest BCUT2D eigenvalue weighted by Crippen LogP contribution is 2.29. The van der Waals surface area contributed by atoms with E-state index in [2.05, 4.69) is 48.3 Å². The summed E-state index contributed by atoms with van der Waals surface area (Å²) in [5, 5.41) is 0. The van der Waals surface area contributed by atoms with Crippen LogP contribution in [0.15, 0.2) is 64.5 Å². The summed E-state index contributed by atoms with van der Waals surface area (Å²) in [6.07, 6.45) is 11.6. The Morgan fingerprint density at radius 2 is 2.17 bits per heavy atom. The van der Waals surface area contributed by atoms with E-state index in [-0.39, 0.29) is 6.01 Å². The Morgan fingerprint density at radius 1 is 1.35 bits per heavy atom. The second kappa shape index (κ2) is 6.16. The number of oxazole rings is 1. The van der Waals surface area contributed by atoms with Crippen LogP contribution in [0.4, 0.5) is 6.01 Å². The number of aromatic nitrogens is 1. The molecule has 1 aromatic carbocycles. The van der Waals surface area contributed by atoms with Crippen molar-refractivity contribution < 1.29 is 4.42 Å². The van der Waals surface area contributed by atoms with Gasteiger partial charge in [-0.1, -0.05) is 25.1 Å². The maximum absolute atomic E-state index is 5.62. The Morgan fingerprint density at radius 3 is 2.91 bits per heavy atom. The van der Waals surface area contributed by atoms with E-state index in [1.807, 2.05) is 31.2 Å². The van der Waals surface area contributed by atoms with E-state index < -0.39 is 0 Å². The SMILES string of the molecule is C/C=C\N1C=C(c2ccc3oc(N)nc3c2)C=CC1=C(C)CC. The van der Waals surface area contributed by atoms with Gasteiger partial charge in [-0.2, -0.15) is 4.98 Å². The van der Waals surface area contributed by atoms with Crippen LogP contribution in [0.25, 0.3) is 16.7 Å². The van der Waals surface area contributed by atoms with Gasteiger partial charge in [0.25, 0.3) is 6.01 Å². The first-order chi connectivity index (χ1) is 11.1. The first-order valence-corrected chi connectivity index (χ1v) is 7.79. The molecule has 3 rings (SSSR count). The van der Waals surface area contributed by atoms with E-state index in [9.17, 15) is 0 Å². The molecule has 0 saturated carbocycles. The van der Waals surface area contributed by atoms with Crippen molar-refractivity contribution in [3.63, 3.8) is 0 Å². The van der Waals surface area contributed by atoms with Crippen molar-refractivity contribution in [1.29, 1.82) is 0 Å². The van der Waals surface area contributed by atoms with E-state index in [0.717, 1.165) is 23.1 Å². The largest absolute Gasteiger partial charge is 0.424 e. The number of rotatable bonds is 3. The minimum atomic E-state index is 0.199. The maximum Gasteiger partial charge on any atom is 0.292 e. The fraction of sp³-hybridized carbons (Fsp3) is 0.211. The Hall–Kier alpha value is -2.75. The van der Waals surface area contributed by atoms with Gasteiger partial charge in [-0.25, -0.2) is 0 Å². The molecule has 2 aromatic rings. The van der Waals surface area contributed by atoms with E-state index in [0.29, 0.717) is 5.58 Å². The summed E-state index contributed by atoms with van der Waals surface area (Å²) in [6, 6.07) is 6.13. The van der Waals surface area contributed by atoms with Gasteiger partial charge in [0.2, 0.25) is 0 Å². The molecule has 4 heteroatoms. The molecular weight excluding hydrogens is 286 g/mol. The van der Waals surface area contributed by atoms with Crippen LogP contribution >= 0.6 is 0 Å². The van der Waals surface area contributed by atoms with Gasteiger partial charge in [0.05, 0.1) is 0 Å². The molecule has 2 heterocycles. The van der Waals surface area contributed by atoms with Crippen LogP contribution in [0, 0.1) is 0 Å². The Bertz CT molecular complexity index is 853. The number of nitrogens with two attached hydrogens (primary N) is 1. The number of allylic oxidation sites excluding steroid dienone is 5. The maximum atomic E-state index is 5.62. The zero-order valence-electron chi connectivity index (χ0n) is 13.7. The van der Waals surface area contributed by atoms with Crippen LogP contribution in [0.3, 0.4) is 0 Å². The molecule has 0 bridgehead atoms. The van der Waals surface area contributed by atoms with Crippen LogP contribution in [-0.2, 0) is 0 Å². The van der Waals surface area contributed by atoms with Crippen molar-refractivity contribution in [1.82, 2.24) is 9.88 Å². The van der Waals surface area contributed by atoms with Gasteiger partial charge in [0, 0.05) is 18.1 Å². The summed E-state index contributed by atoms with van der Waals surface area (Å²) >= 11 is 0. The molecule has 1 aliphatic heterocycles. The molecule has 1 aromatic heterocycles. The van der Waals surface area contributed by atoms with Crippen molar-refractivity contribution in [2.75, 3.05) is 5.73 Å². The summed E-state index contributed by atoms with van der Waals surface area (Å²) in [7, 11) is 0. The average molecular weight is 307 g/mol. The van der Waals surface area contributed by atoms with Gasteiger partial charge in [-0.05, 0) is 55.2 Å². The molecular formula is C19H21N3O. The number of benzene rings is 1. The quantitative estimate of drug-likeness (QED) is 0.881. The first-order valence-electron chi connectivity index (χ1n) is 7.79. The van der Waals surface area contributed by atoms with Gasteiger partial charge < -0.3 is 15.1 Å². The standard InChI is InChI=1S/C19H21N3O/c1-4-10-22-12-15(6-8-17(22)13(3)5-2)14-7-9-18-16(11-14)21-19(20)23-18/h4,6-12H,5H2,1-3H3,(H2,20,21)/b10-4-,17-13?. The summed E-state index contributed by atoms with van der Waals surface area (Å²) in [5.41, 5.74) is 11.9. The van der Waals surface area contributed by atoms with Gasteiger partial charge in [0.1, 0.15) is 5.52 Å². The van der Waals surface area contributed by atoms with E-state index in [1.165, 1.54) is 11.3 Å². The van der Waals surface area contributed by atoms with Crippen molar-refractivity contribution in [2.24, 2.45) is 0 Å². The lowest BCUT2D eigenvalue weighted by Gasteiger charge is -2.24. The zero-order chi connectivity index (χ0) is 16.4. The van der Waals surface area contributed by atoms with Crippen LogP contribution in [-0.4, -0.2) is 9.88 Å². The monoisotopic (exact) mass is 307 g/mol. The molecule has 23 heavy (non-hydrogen) atoms. The fourth-order valence-electron chi connectivity index (χ4n) is 2.64. The molecule has 0 amide bonds. The van der Waals surface area contributed by atoms with Gasteiger partial charge >= 0.3 is 0 Å². The smallest absolute Gasteiger partial charge is 0.292 e. The third-order valence-electron chi connectivity index (χ3n) is 3.99. The third-order valence-corrected chi connectivity index (χ3v) is 3.99. The highest BCUT2D eigenvalue weighted by Gasteiger charge is 2.13. The van der Waals surface area contributed by atoms with Crippen LogP contribution in [0.5, 0.6) is 0 Å². The molecule has 0 radical (unpaired) electrons. The number of nitrogens with zero attached hydrogens (tertiary/aromatic N) is 2. The van der Waals surface area contributed by atoms with Gasteiger partial charge in [-0.3, -0.25) is 0 Å². The van der Waals surface area contributed by atoms with Crippen molar-refractivity contribution in [3.05, 3.63) is 65.7 Å². The van der Waals surface area contributed by atoms with Crippen LogP contribution in [0.2, 0.25) is 0 Å². The van der Waals surface area contributed by atoms with Gasteiger partial charge in [0.15, 0.2) is 5.58 Å². The minimum Gasteiger partial charge on any atom is -0.424 e. The molecule has 118 valence electrons. The number of nitrogen functional groups attached to an aromatic ring is 1. The van der Waals surface area contributed by atoms with E-state index in [4.69, 9.17) is 10.2 Å². The molecule has 0 atom stereocenters. The summed E-state index contributed by atoms with van der Waals surface area (Å²) in [6.45, 7) is 6.36. The predicted molar refractivity (Wildman–Crippen MR) is 95.2 cm³/mol. The highest BCUT2D eigenvalue weighted by atomic mass is 16.4. The fourth-order valence-corrected chi connectivity index (χ4v) is 2.64. The van der Waals surface area contributed by atoms with E-state index >= 15 is 0 Å². The molecule has 0 unspecified atom stereocenters. The molecule has 0 aliphatic carbocycles. The first kappa shape index (κ1) is 15.2. The second-order valence-electron chi connectivity index (χ2n) is 5.56. The van der Waals surface area contributed by atoms with Crippen molar-refractivity contribution in [3.8, 4) is 0 Å². The molecule has 0 saturated heterocycles. The second-order valence-corrected chi connectivity index (χ2v) is 5.56. The predicted octanol–water partition coefficient (Wildman–Crippen LogP) is 4.84. The van der Waals surface area contributed by atoms with Crippen molar-refractivity contribution in [2.45, 2.75) is 27.2 Å². The van der Waals surface area contributed by atoms with E-state index in [1.54, 1.807) is 0 Å². The van der Waals surface area contributed by atoms with Crippen molar-refractivity contribution >= 4 is 22.7 Å². The van der Waals surface area contributed by atoms with Crippen LogP contribution < -0.4 is 5.73 Å². The lowest BCUT2D eigenvalue weighted by Crippen LogP contribution is -2.13. The number of fused-ring (bicyclic) bond motifs is 1. The third kappa shape index (κ3) is 2.93. The summed E-state index contributed by atoms with van der Waals surface area (Å²) < 4.78 is 5.33. The number of hydrogen-bond donors (Lipinski definition) is 1. The molecule has 1 aliphatic rings. The topological polar surface area (TPSA) is 55.3 Å². The molecule has 0 fully saturated rings. The number of anilines is 1. The van der Waals surface area contributed by atoms with Crippen LogP contribution in [0.1, 0.15) is 32.8 Å². The van der Waals surface area contributed by atoms with Gasteiger partial charge in [-0.15, -0.1) is 0 Å². The Labute approximate surface area is 136 Å². The molecule has 2 N–H and O–H groups in total. The summed E-state index contributed by atoms with van der Waals surface area (Å²) in [4.78, 5) is 6.37. The minimum absolute atomic E-state index is 0.199.